The minimum atomic E-state index is -0.127. The second kappa shape index (κ2) is 19.4. The normalized spacial score (nSPS) is 13.1. The lowest BCUT2D eigenvalue weighted by Crippen LogP contribution is -2.17. The average Bonchev–Trinajstić information content (AvgIpc) is 3.36. The molecule has 2 aromatic carbocycles. The van der Waals surface area contributed by atoms with Gasteiger partial charge >= 0.3 is 0 Å². The number of hydrogen-bond donors (Lipinski definition) is 1. The molecule has 1 aliphatic heterocycles. The quantitative estimate of drug-likeness (QED) is 0.162. The first-order valence-corrected chi connectivity index (χ1v) is 17.0. The summed E-state index contributed by atoms with van der Waals surface area (Å²) >= 11 is 1.87. The first-order chi connectivity index (χ1) is 19.8. The Morgan fingerprint density at radius 3 is 2.02 bits per heavy atom. The predicted molar refractivity (Wildman–Crippen MR) is 188 cm³/mol. The molecule has 0 aromatic heterocycles. The van der Waals surface area contributed by atoms with Crippen LogP contribution in [0.5, 0.6) is 5.75 Å². The van der Waals surface area contributed by atoms with Gasteiger partial charge in [-0.25, -0.2) is 0 Å². The molecule has 1 amide bonds. The maximum Gasteiger partial charge on any atom is 0.259 e. The minimum Gasteiger partial charge on any atom is -0.493 e. The van der Waals surface area contributed by atoms with Crippen LogP contribution < -0.4 is 10.1 Å². The third-order valence-corrected chi connectivity index (χ3v) is 8.79. The molecule has 234 valence electrons. The molecule has 3 rings (SSSR count). The molecule has 0 aliphatic carbocycles. The highest BCUT2D eigenvalue weighted by atomic mass is 79.9. The van der Waals surface area contributed by atoms with E-state index in [4.69, 9.17) is 4.74 Å². The maximum absolute atomic E-state index is 13.3. The van der Waals surface area contributed by atoms with Gasteiger partial charge in [0.1, 0.15) is 5.75 Å². The molecule has 1 aliphatic rings. The van der Waals surface area contributed by atoms with Crippen LogP contribution in [0.3, 0.4) is 0 Å². The fraction of sp³-hybridized carbons (Fsp3) is 0.583. The molecule has 1 heterocycles. The second-order valence-corrected chi connectivity index (χ2v) is 13.8. The van der Waals surface area contributed by atoms with Crippen LogP contribution >= 0.6 is 28.7 Å². The Balaban J connectivity index is 0.00000616. The number of rotatable bonds is 18. The second-order valence-electron chi connectivity index (χ2n) is 12.6. The lowest BCUT2D eigenvalue weighted by Gasteiger charge is -2.21. The summed E-state index contributed by atoms with van der Waals surface area (Å²) in [6, 6.07) is 14.2. The summed E-state index contributed by atoms with van der Waals surface area (Å²) in [4.78, 5) is 17.0. The number of hydrogen-bond acceptors (Lipinski definition) is 4. The van der Waals surface area contributed by atoms with Crippen molar-refractivity contribution in [2.24, 2.45) is 0 Å². The maximum atomic E-state index is 13.3. The summed E-state index contributed by atoms with van der Waals surface area (Å²) < 4.78 is 6.25. The van der Waals surface area contributed by atoms with Gasteiger partial charge in [-0.2, -0.15) is 0 Å². The Hall–Kier alpha value is -1.92. The number of benzene rings is 2. The molecule has 42 heavy (non-hydrogen) atoms. The Bertz CT molecular complexity index is 1090. The molecule has 6 heteroatoms. The zero-order chi connectivity index (χ0) is 29.5. The van der Waals surface area contributed by atoms with Crippen LogP contribution in [0.15, 0.2) is 53.6 Å². The summed E-state index contributed by atoms with van der Waals surface area (Å²) in [5.41, 5.74) is 3.78. The number of carbonyl (C=O) groups is 1. The third-order valence-electron chi connectivity index (χ3n) is 7.77. The number of allylic oxidation sites excluding steroid dienone is 1. The molecule has 0 spiro atoms. The summed E-state index contributed by atoms with van der Waals surface area (Å²) in [6.45, 7) is 12.5. The van der Waals surface area contributed by atoms with Crippen molar-refractivity contribution in [2.45, 2.75) is 124 Å². The summed E-state index contributed by atoms with van der Waals surface area (Å²) in [5, 5.41) is 3.09. The number of anilines is 1. The Morgan fingerprint density at radius 1 is 0.881 bits per heavy atom. The highest BCUT2D eigenvalue weighted by Gasteiger charge is 2.19. The molecule has 0 fully saturated rings. The smallest absolute Gasteiger partial charge is 0.259 e. The summed E-state index contributed by atoms with van der Waals surface area (Å²) in [6.07, 6.45) is 18.0. The van der Waals surface area contributed by atoms with E-state index in [9.17, 15) is 4.79 Å². The van der Waals surface area contributed by atoms with Crippen LogP contribution in [0, 0.1) is 0 Å². The highest BCUT2D eigenvalue weighted by molar-refractivity contribution is 8.93. The van der Waals surface area contributed by atoms with Gasteiger partial charge in [0.2, 0.25) is 0 Å². The highest BCUT2D eigenvalue weighted by Crippen LogP contribution is 2.30. The van der Waals surface area contributed by atoms with E-state index in [1.165, 1.54) is 86.7 Å². The number of unbranched alkanes of at least 4 members (excludes halogenated alkanes) is 11. The molecule has 0 radical (unpaired) electrons. The van der Waals surface area contributed by atoms with Gasteiger partial charge in [-0.3, -0.25) is 4.79 Å². The molecule has 0 saturated carbocycles. The summed E-state index contributed by atoms with van der Waals surface area (Å²) in [7, 11) is 0. The lowest BCUT2D eigenvalue weighted by molar-refractivity contribution is 0.102. The van der Waals surface area contributed by atoms with Crippen LogP contribution in [0.1, 0.15) is 133 Å². The zero-order valence-corrected chi connectivity index (χ0v) is 29.3. The van der Waals surface area contributed by atoms with Gasteiger partial charge in [0, 0.05) is 18.4 Å². The number of thioether (sulfide) groups is 1. The van der Waals surface area contributed by atoms with Gasteiger partial charge in [-0.05, 0) is 59.1 Å². The first-order valence-electron chi connectivity index (χ1n) is 16.0. The van der Waals surface area contributed by atoms with Crippen molar-refractivity contribution in [3.05, 3.63) is 70.3 Å². The number of nitrogens with one attached hydrogen (secondary N) is 1. The fourth-order valence-corrected chi connectivity index (χ4v) is 5.91. The average molecular weight is 660 g/mol. The molecule has 1 N–H and O–H groups in total. The molecule has 0 atom stereocenters. The van der Waals surface area contributed by atoms with Crippen molar-refractivity contribution in [1.29, 1.82) is 0 Å². The first kappa shape index (κ1) is 36.3. The topological polar surface area (TPSA) is 41.6 Å². The Labute approximate surface area is 271 Å². The van der Waals surface area contributed by atoms with Crippen LogP contribution in [-0.4, -0.2) is 23.3 Å². The SMILES string of the molecule is Br.CCCCCCCCCCCCCCOc1cc(C(C)(C)C)ccc1C(=O)Nc1ccc(CN2C=C(C)SC2)cc1. The number of nitrogens with zero attached hydrogens (tertiary/aromatic N) is 1. The van der Waals surface area contributed by atoms with Gasteiger partial charge in [-0.1, -0.05) is 117 Å². The number of ether oxygens (including phenoxy) is 1. The zero-order valence-electron chi connectivity index (χ0n) is 26.8. The monoisotopic (exact) mass is 658 g/mol. The molecule has 0 bridgehead atoms. The Kier molecular flexibility index (Phi) is 16.7. The Morgan fingerprint density at radius 2 is 1.48 bits per heavy atom. The van der Waals surface area contributed by atoms with Crippen LogP contribution in [0.25, 0.3) is 0 Å². The largest absolute Gasteiger partial charge is 0.493 e. The summed E-state index contributed by atoms with van der Waals surface area (Å²) in [5.74, 6) is 1.55. The van der Waals surface area contributed by atoms with Crippen LogP contribution in [0.2, 0.25) is 0 Å². The van der Waals surface area contributed by atoms with E-state index in [0.717, 1.165) is 24.5 Å². The van der Waals surface area contributed by atoms with Crippen LogP contribution in [-0.2, 0) is 12.0 Å². The van der Waals surface area contributed by atoms with Crippen molar-refractivity contribution in [2.75, 3.05) is 17.8 Å². The van der Waals surface area contributed by atoms with E-state index in [2.05, 4.69) is 75.3 Å². The lowest BCUT2D eigenvalue weighted by atomic mass is 9.86. The molecule has 2 aromatic rings. The van der Waals surface area contributed by atoms with Gasteiger partial charge in [-0.15, -0.1) is 28.7 Å². The number of carbonyl (C=O) groups excluding carboxylic acids is 1. The molecular weight excluding hydrogens is 604 g/mol. The molecule has 0 unspecified atom stereocenters. The fourth-order valence-electron chi connectivity index (χ4n) is 5.16. The molecular formula is C36H55BrN2O2S. The minimum absolute atomic E-state index is 0. The number of amides is 1. The number of halogens is 1. The van der Waals surface area contributed by atoms with Crippen molar-refractivity contribution < 1.29 is 9.53 Å². The van der Waals surface area contributed by atoms with Gasteiger partial charge in [0.25, 0.3) is 5.91 Å². The standard InChI is InChI=1S/C36H54N2O2S.BrH/c1-6-7-8-9-10-11-12-13-14-15-16-17-24-40-34-25-31(36(3,4)5)20-23-33(34)35(39)37-32-21-18-30(19-22-32)27-38-26-29(2)41-28-38;/h18-23,25-26H,6-17,24,27-28H2,1-5H3,(H,37,39);1H. The molecule has 0 saturated heterocycles. The van der Waals surface area contributed by atoms with Gasteiger partial charge in [0.05, 0.1) is 18.0 Å². The van der Waals surface area contributed by atoms with E-state index in [-0.39, 0.29) is 28.3 Å². The van der Waals surface area contributed by atoms with E-state index in [1.54, 1.807) is 0 Å². The predicted octanol–water partition coefficient (Wildman–Crippen LogP) is 11.3. The van der Waals surface area contributed by atoms with Crippen molar-refractivity contribution in [3.63, 3.8) is 0 Å². The van der Waals surface area contributed by atoms with E-state index >= 15 is 0 Å². The van der Waals surface area contributed by atoms with E-state index in [1.807, 2.05) is 30.0 Å². The molecule has 4 nitrogen and oxygen atoms in total. The van der Waals surface area contributed by atoms with E-state index in [0.29, 0.717) is 17.9 Å². The van der Waals surface area contributed by atoms with Crippen molar-refractivity contribution in [1.82, 2.24) is 4.90 Å². The third kappa shape index (κ3) is 13.2. The van der Waals surface area contributed by atoms with Crippen LogP contribution in [0.4, 0.5) is 5.69 Å². The van der Waals surface area contributed by atoms with Gasteiger partial charge < -0.3 is 15.0 Å². The van der Waals surface area contributed by atoms with Crippen molar-refractivity contribution in [3.8, 4) is 5.75 Å². The van der Waals surface area contributed by atoms with Crippen molar-refractivity contribution >= 4 is 40.3 Å². The van der Waals surface area contributed by atoms with Gasteiger partial charge in [0.15, 0.2) is 0 Å². The van der Waals surface area contributed by atoms with E-state index < -0.39 is 0 Å².